The van der Waals surface area contributed by atoms with Crippen LogP contribution in [0.5, 0.6) is 5.75 Å². The largest absolute Gasteiger partial charge is 0.491 e. The number of aryl methyl sites for hydroxylation is 1. The number of hydrogen-bond acceptors (Lipinski definition) is 4. The van der Waals surface area contributed by atoms with E-state index >= 15 is 0 Å². The molecule has 1 fully saturated rings. The molecule has 0 bridgehead atoms. The van der Waals surface area contributed by atoms with E-state index in [9.17, 15) is 0 Å². The highest BCUT2D eigenvalue weighted by atomic mass is 35.5. The predicted molar refractivity (Wildman–Crippen MR) is 127 cm³/mol. The quantitative estimate of drug-likeness (QED) is 0.317. The minimum absolute atomic E-state index is 0.0725. The van der Waals surface area contributed by atoms with Crippen LogP contribution < -0.4 is 4.74 Å². The molecular weight excluding hydrogens is 471 g/mol. The Labute approximate surface area is 203 Å². The molecule has 4 atom stereocenters. The van der Waals surface area contributed by atoms with Gasteiger partial charge in [0.25, 0.3) is 0 Å². The van der Waals surface area contributed by atoms with Crippen molar-refractivity contribution in [2.45, 2.75) is 50.2 Å². The van der Waals surface area contributed by atoms with E-state index in [-0.39, 0.29) is 6.10 Å². The average Bonchev–Trinajstić information content (AvgIpc) is 3.33. The number of hydrogen-bond donors (Lipinski definition) is 0. The van der Waals surface area contributed by atoms with Gasteiger partial charge in [-0.1, -0.05) is 46.9 Å². The Bertz CT molecular complexity index is 998. The number of rotatable bonds is 8. The summed E-state index contributed by atoms with van der Waals surface area (Å²) in [7, 11) is 0. The lowest BCUT2D eigenvalue weighted by atomic mass is 10.1. The number of alkyl halides is 1. The second kappa shape index (κ2) is 10.9. The minimum Gasteiger partial charge on any atom is -0.491 e. The van der Waals surface area contributed by atoms with Gasteiger partial charge in [-0.25, -0.2) is 4.98 Å². The molecule has 4 unspecified atom stereocenters. The second-order valence-corrected chi connectivity index (χ2v) is 9.15. The van der Waals surface area contributed by atoms with E-state index in [0.717, 1.165) is 36.1 Å². The smallest absolute Gasteiger partial charge is 0.159 e. The summed E-state index contributed by atoms with van der Waals surface area (Å²) in [5, 5.41) is 1.35. The van der Waals surface area contributed by atoms with Crippen molar-refractivity contribution in [2.75, 3.05) is 6.61 Å². The molecule has 1 aliphatic rings. The Hall–Kier alpha value is -1.76. The zero-order chi connectivity index (χ0) is 22.5. The summed E-state index contributed by atoms with van der Waals surface area (Å²) < 4.78 is 20.4. The summed E-state index contributed by atoms with van der Waals surface area (Å²) in [5.74, 6) is 0.806. The highest BCUT2D eigenvalue weighted by Crippen LogP contribution is 2.37. The van der Waals surface area contributed by atoms with E-state index in [2.05, 4.69) is 4.98 Å². The van der Waals surface area contributed by atoms with Gasteiger partial charge >= 0.3 is 0 Å². The molecule has 0 aliphatic carbocycles. The molecule has 1 saturated heterocycles. The lowest BCUT2D eigenvalue weighted by Gasteiger charge is -2.34. The van der Waals surface area contributed by atoms with Crippen LogP contribution in [0.3, 0.4) is 0 Å². The molecule has 1 aliphatic heterocycles. The molecular formula is C24H25Cl3N2O3. The fourth-order valence-corrected chi connectivity index (χ4v) is 4.41. The fourth-order valence-electron chi connectivity index (χ4n) is 3.73. The van der Waals surface area contributed by atoms with E-state index in [0.29, 0.717) is 16.7 Å². The molecule has 1 aromatic heterocycles. The average molecular weight is 496 g/mol. The van der Waals surface area contributed by atoms with Crippen LogP contribution in [-0.4, -0.2) is 28.6 Å². The third kappa shape index (κ3) is 5.97. The number of halogens is 3. The minimum atomic E-state index is -0.490. The van der Waals surface area contributed by atoms with Gasteiger partial charge in [0.05, 0.1) is 12.4 Å². The van der Waals surface area contributed by atoms with Crippen LogP contribution in [0.15, 0.2) is 61.2 Å². The van der Waals surface area contributed by atoms with Gasteiger partial charge in [-0.3, -0.25) is 0 Å². The first-order chi connectivity index (χ1) is 15.5. The van der Waals surface area contributed by atoms with Gasteiger partial charge in [0, 0.05) is 22.4 Å². The van der Waals surface area contributed by atoms with Gasteiger partial charge in [-0.2, -0.15) is 0 Å². The highest BCUT2D eigenvalue weighted by molar-refractivity contribution is 6.30. The van der Waals surface area contributed by atoms with Crippen LogP contribution in [0, 0.1) is 6.92 Å². The highest BCUT2D eigenvalue weighted by Gasteiger charge is 2.31. The maximum absolute atomic E-state index is 6.79. The zero-order valence-corrected chi connectivity index (χ0v) is 19.9. The van der Waals surface area contributed by atoms with Gasteiger partial charge < -0.3 is 18.8 Å². The van der Waals surface area contributed by atoms with Gasteiger partial charge in [-0.05, 0) is 67.6 Å². The van der Waals surface area contributed by atoms with Crippen molar-refractivity contribution < 1.29 is 14.2 Å². The number of imidazole rings is 1. The van der Waals surface area contributed by atoms with Crippen molar-refractivity contribution in [3.05, 3.63) is 82.4 Å². The summed E-state index contributed by atoms with van der Waals surface area (Å²) in [5.41, 5.74) is 1.42. The molecule has 0 spiro atoms. The fraction of sp³-hybridized carbons (Fsp3) is 0.375. The molecule has 5 nitrogen and oxygen atoms in total. The number of nitrogens with zero attached hydrogens (tertiary/aromatic N) is 2. The van der Waals surface area contributed by atoms with E-state index in [1.54, 1.807) is 12.5 Å². The predicted octanol–water partition coefficient (Wildman–Crippen LogP) is 6.97. The van der Waals surface area contributed by atoms with Crippen molar-refractivity contribution in [2.24, 2.45) is 0 Å². The maximum Gasteiger partial charge on any atom is 0.159 e. The monoisotopic (exact) mass is 494 g/mol. The molecule has 8 heteroatoms. The standard InChI is InChI=1S/C24H25Cl3N2O3/c1-16-13-19(26)9-10-21(16)30-14-20-3-2-4-22(31-20)32-23(17-5-7-18(25)8-6-17)24(27)29-12-11-28-15-29/h5-13,15,20,22-24H,2-4,14H2,1H3. The Morgan fingerprint density at radius 3 is 2.62 bits per heavy atom. The molecule has 3 aromatic rings. The number of ether oxygens (including phenoxy) is 3. The molecule has 32 heavy (non-hydrogen) atoms. The summed E-state index contributed by atoms with van der Waals surface area (Å²) >= 11 is 18.9. The van der Waals surface area contributed by atoms with E-state index in [1.165, 1.54) is 0 Å². The van der Waals surface area contributed by atoms with Crippen molar-refractivity contribution in [3.63, 3.8) is 0 Å². The first kappa shape index (κ1) is 23.4. The van der Waals surface area contributed by atoms with Gasteiger partial charge in [-0.15, -0.1) is 0 Å². The lowest BCUT2D eigenvalue weighted by molar-refractivity contribution is -0.224. The Kier molecular flexibility index (Phi) is 7.98. The van der Waals surface area contributed by atoms with E-state index < -0.39 is 17.9 Å². The molecule has 2 aromatic carbocycles. The summed E-state index contributed by atoms with van der Waals surface area (Å²) in [6.07, 6.45) is 6.95. The van der Waals surface area contributed by atoms with Crippen LogP contribution in [-0.2, 0) is 9.47 Å². The van der Waals surface area contributed by atoms with E-state index in [4.69, 9.17) is 49.0 Å². The first-order valence-corrected chi connectivity index (χ1v) is 11.8. The lowest BCUT2D eigenvalue weighted by Crippen LogP contribution is -2.35. The third-order valence-electron chi connectivity index (χ3n) is 5.43. The topological polar surface area (TPSA) is 45.5 Å². The van der Waals surface area contributed by atoms with Crippen LogP contribution >= 0.6 is 34.8 Å². The van der Waals surface area contributed by atoms with Crippen LogP contribution in [0.2, 0.25) is 10.0 Å². The van der Waals surface area contributed by atoms with Gasteiger partial charge in [0.2, 0.25) is 0 Å². The summed E-state index contributed by atoms with van der Waals surface area (Å²) in [6.45, 7) is 2.42. The van der Waals surface area contributed by atoms with Crippen LogP contribution in [0.4, 0.5) is 0 Å². The zero-order valence-electron chi connectivity index (χ0n) is 17.7. The Morgan fingerprint density at radius 1 is 1.12 bits per heavy atom. The molecule has 0 radical (unpaired) electrons. The number of benzene rings is 2. The van der Waals surface area contributed by atoms with Crippen LogP contribution in [0.1, 0.15) is 42.0 Å². The maximum atomic E-state index is 6.79. The SMILES string of the molecule is Cc1cc(Cl)ccc1OCC1CCCC(OC(c2ccc(Cl)cc2)C(Cl)n2ccnc2)O1. The number of aromatic nitrogens is 2. The molecule has 0 saturated carbocycles. The van der Waals surface area contributed by atoms with Crippen molar-refractivity contribution in [3.8, 4) is 5.75 Å². The van der Waals surface area contributed by atoms with Crippen molar-refractivity contribution in [1.29, 1.82) is 0 Å². The third-order valence-corrected chi connectivity index (χ3v) is 6.37. The van der Waals surface area contributed by atoms with Crippen molar-refractivity contribution >= 4 is 34.8 Å². The van der Waals surface area contributed by atoms with Gasteiger partial charge in [0.15, 0.2) is 6.29 Å². The molecule has 170 valence electrons. The molecule has 0 N–H and O–H groups in total. The molecule has 2 heterocycles. The van der Waals surface area contributed by atoms with Gasteiger partial charge in [0.1, 0.15) is 24.0 Å². The molecule has 4 rings (SSSR count). The summed E-state index contributed by atoms with van der Waals surface area (Å²) in [4.78, 5) is 4.10. The second-order valence-electron chi connectivity index (χ2n) is 7.83. The molecule has 0 amide bonds. The first-order valence-electron chi connectivity index (χ1n) is 10.6. The van der Waals surface area contributed by atoms with Crippen molar-refractivity contribution in [1.82, 2.24) is 9.55 Å². The Balaban J connectivity index is 1.42. The summed E-state index contributed by atoms with van der Waals surface area (Å²) in [6, 6.07) is 13.1. The van der Waals surface area contributed by atoms with E-state index in [1.807, 2.05) is 60.2 Å². The van der Waals surface area contributed by atoms with Crippen LogP contribution in [0.25, 0.3) is 0 Å². The Morgan fingerprint density at radius 2 is 1.91 bits per heavy atom. The normalized spacial score (nSPS) is 20.6.